The summed E-state index contributed by atoms with van der Waals surface area (Å²) >= 11 is 1.32. The maximum atomic E-state index is 12.9. The van der Waals surface area contributed by atoms with Gasteiger partial charge in [-0.2, -0.15) is 4.98 Å². The largest absolute Gasteiger partial charge is 0.508 e. The van der Waals surface area contributed by atoms with Crippen molar-refractivity contribution in [3.8, 4) is 17.4 Å². The fourth-order valence-electron chi connectivity index (χ4n) is 1.93. The number of aromatic hydroxyl groups is 1. The first-order valence-electron chi connectivity index (χ1n) is 8.39. The standard InChI is InChI=1S/C14H13FN2O3S.C6H5FO/c1-3-19-13(18)11-8-16-14(21-2)17-12(11)20-10-6-4-9(15)5-7-10;7-5-1-3-6(8)4-2-5/h4-8H,3H2,1-2H3;1-4,8H. The average Bonchev–Trinajstić information content (AvgIpc) is 2.72. The van der Waals surface area contributed by atoms with Crippen molar-refractivity contribution in [2.75, 3.05) is 12.9 Å². The van der Waals surface area contributed by atoms with Gasteiger partial charge in [-0.05, 0) is 61.7 Å². The molecule has 0 aliphatic rings. The molecule has 152 valence electrons. The van der Waals surface area contributed by atoms with Crippen molar-refractivity contribution in [3.63, 3.8) is 0 Å². The molecule has 0 atom stereocenters. The molecule has 3 rings (SSSR count). The summed E-state index contributed by atoms with van der Waals surface area (Å²) in [5.41, 5.74) is 0.124. The predicted octanol–water partition coefficient (Wildman–Crippen LogP) is 4.84. The van der Waals surface area contributed by atoms with Crippen molar-refractivity contribution >= 4 is 17.7 Å². The van der Waals surface area contributed by atoms with Gasteiger partial charge in [0.15, 0.2) is 5.16 Å². The molecule has 0 fully saturated rings. The number of esters is 1. The third-order valence-corrected chi connectivity index (χ3v) is 3.83. The van der Waals surface area contributed by atoms with Crippen molar-refractivity contribution in [1.82, 2.24) is 9.97 Å². The number of benzene rings is 2. The van der Waals surface area contributed by atoms with Crippen LogP contribution in [0.25, 0.3) is 0 Å². The fourth-order valence-corrected chi connectivity index (χ4v) is 2.26. The van der Waals surface area contributed by atoms with Crippen LogP contribution in [0.2, 0.25) is 0 Å². The van der Waals surface area contributed by atoms with Gasteiger partial charge in [-0.3, -0.25) is 0 Å². The molecule has 9 heteroatoms. The summed E-state index contributed by atoms with van der Waals surface area (Å²) < 4.78 is 35.3. The second kappa shape index (κ2) is 11.0. The topological polar surface area (TPSA) is 81.5 Å². The van der Waals surface area contributed by atoms with Crippen LogP contribution < -0.4 is 4.74 Å². The summed E-state index contributed by atoms with van der Waals surface area (Å²) in [5.74, 6) is -0.732. The van der Waals surface area contributed by atoms with Gasteiger partial charge in [-0.25, -0.2) is 18.6 Å². The van der Waals surface area contributed by atoms with Crippen LogP contribution in [0, 0.1) is 11.6 Å². The number of hydrogen-bond acceptors (Lipinski definition) is 7. The molecule has 0 amide bonds. The Bertz CT molecular complexity index is 917. The van der Waals surface area contributed by atoms with E-state index in [9.17, 15) is 13.6 Å². The Labute approximate surface area is 170 Å². The predicted molar refractivity (Wildman–Crippen MR) is 104 cm³/mol. The number of hydrogen-bond donors (Lipinski definition) is 1. The van der Waals surface area contributed by atoms with Crippen molar-refractivity contribution in [2.45, 2.75) is 12.1 Å². The minimum atomic E-state index is -0.567. The zero-order chi connectivity index (χ0) is 21.2. The highest BCUT2D eigenvalue weighted by atomic mass is 32.2. The Morgan fingerprint density at radius 3 is 2.17 bits per heavy atom. The van der Waals surface area contributed by atoms with Crippen LogP contribution in [0.1, 0.15) is 17.3 Å². The zero-order valence-corrected chi connectivity index (χ0v) is 16.5. The number of carbonyl (C=O) groups is 1. The van der Waals surface area contributed by atoms with Gasteiger partial charge in [0.1, 0.15) is 28.7 Å². The van der Waals surface area contributed by atoms with E-state index in [-0.39, 0.29) is 35.4 Å². The minimum absolute atomic E-state index is 0.0828. The quantitative estimate of drug-likeness (QED) is 0.359. The Kier molecular flexibility index (Phi) is 8.35. The van der Waals surface area contributed by atoms with E-state index in [2.05, 4.69) is 9.97 Å². The number of phenolic OH excluding ortho intramolecular Hbond substituents is 1. The molecule has 1 N–H and O–H groups in total. The second-order valence-corrected chi connectivity index (χ2v) is 6.10. The van der Waals surface area contributed by atoms with E-state index < -0.39 is 5.97 Å². The molecule has 0 saturated heterocycles. The lowest BCUT2D eigenvalue weighted by molar-refractivity contribution is 0.0521. The zero-order valence-electron chi connectivity index (χ0n) is 15.6. The Hall–Kier alpha value is -3.20. The van der Waals surface area contributed by atoms with Gasteiger partial charge in [0.05, 0.1) is 6.61 Å². The number of ether oxygens (including phenoxy) is 2. The van der Waals surface area contributed by atoms with Crippen LogP contribution >= 0.6 is 11.8 Å². The number of rotatable bonds is 5. The lowest BCUT2D eigenvalue weighted by atomic mass is 10.3. The first kappa shape index (κ1) is 22.1. The summed E-state index contributed by atoms with van der Waals surface area (Å²) in [6.07, 6.45) is 3.16. The van der Waals surface area contributed by atoms with Gasteiger partial charge in [-0.1, -0.05) is 11.8 Å². The van der Waals surface area contributed by atoms with Gasteiger partial charge >= 0.3 is 5.97 Å². The summed E-state index contributed by atoms with van der Waals surface area (Å²) in [6, 6.07) is 10.4. The molecule has 29 heavy (non-hydrogen) atoms. The molecular weight excluding hydrogens is 402 g/mol. The molecule has 0 aliphatic heterocycles. The maximum Gasteiger partial charge on any atom is 0.345 e. The van der Waals surface area contributed by atoms with Crippen molar-refractivity contribution in [3.05, 3.63) is 71.9 Å². The highest BCUT2D eigenvalue weighted by Gasteiger charge is 2.18. The van der Waals surface area contributed by atoms with Crippen molar-refractivity contribution < 1.29 is 28.2 Å². The molecule has 0 saturated carbocycles. The van der Waals surface area contributed by atoms with E-state index >= 15 is 0 Å². The third kappa shape index (κ3) is 7.04. The molecule has 0 bridgehead atoms. The van der Waals surface area contributed by atoms with E-state index in [1.807, 2.05) is 0 Å². The number of nitrogens with zero attached hydrogens (tertiary/aromatic N) is 2. The summed E-state index contributed by atoms with van der Waals surface area (Å²) in [6.45, 7) is 1.94. The van der Waals surface area contributed by atoms with E-state index in [0.717, 1.165) is 0 Å². The maximum absolute atomic E-state index is 12.9. The molecule has 1 aromatic heterocycles. The molecule has 6 nitrogen and oxygen atoms in total. The number of carbonyl (C=O) groups excluding carboxylic acids is 1. The van der Waals surface area contributed by atoms with Gasteiger partial charge in [0.25, 0.3) is 0 Å². The number of halogens is 2. The number of thioether (sulfide) groups is 1. The van der Waals surface area contributed by atoms with Gasteiger partial charge < -0.3 is 14.6 Å². The SMILES string of the molecule is CCOC(=O)c1cnc(SC)nc1Oc1ccc(F)cc1.Oc1ccc(F)cc1. The first-order chi connectivity index (χ1) is 13.9. The van der Waals surface area contributed by atoms with Crippen LogP contribution in [-0.2, 0) is 4.74 Å². The van der Waals surface area contributed by atoms with Crippen LogP contribution in [0.3, 0.4) is 0 Å². The lowest BCUT2D eigenvalue weighted by Gasteiger charge is -2.10. The Balaban J connectivity index is 0.000000313. The monoisotopic (exact) mass is 420 g/mol. The van der Waals surface area contributed by atoms with Crippen molar-refractivity contribution in [1.29, 1.82) is 0 Å². The van der Waals surface area contributed by atoms with E-state index in [1.54, 1.807) is 13.2 Å². The first-order valence-corrected chi connectivity index (χ1v) is 9.61. The fraction of sp³-hybridized carbons (Fsp3) is 0.150. The van der Waals surface area contributed by atoms with E-state index in [0.29, 0.717) is 10.9 Å². The highest BCUT2D eigenvalue weighted by Crippen LogP contribution is 2.25. The van der Waals surface area contributed by atoms with Crippen LogP contribution in [-0.4, -0.2) is 33.9 Å². The minimum Gasteiger partial charge on any atom is -0.508 e. The van der Waals surface area contributed by atoms with Crippen molar-refractivity contribution in [2.24, 2.45) is 0 Å². The van der Waals surface area contributed by atoms with Crippen LogP contribution in [0.4, 0.5) is 8.78 Å². The molecular formula is C20H18F2N2O4S. The van der Waals surface area contributed by atoms with Crippen LogP contribution in [0.15, 0.2) is 59.9 Å². The van der Waals surface area contributed by atoms with E-state index in [1.165, 1.54) is 66.5 Å². The molecule has 0 spiro atoms. The Morgan fingerprint density at radius 1 is 1.07 bits per heavy atom. The summed E-state index contributed by atoms with van der Waals surface area (Å²) in [5, 5.41) is 9.05. The second-order valence-electron chi connectivity index (χ2n) is 5.33. The number of aromatic nitrogens is 2. The third-order valence-electron chi connectivity index (χ3n) is 3.26. The van der Waals surface area contributed by atoms with Gasteiger partial charge in [-0.15, -0.1) is 0 Å². The molecule has 0 aliphatic carbocycles. The number of phenols is 1. The molecule has 1 heterocycles. The molecule has 0 radical (unpaired) electrons. The summed E-state index contributed by atoms with van der Waals surface area (Å²) in [7, 11) is 0. The molecule has 2 aromatic carbocycles. The van der Waals surface area contributed by atoms with Gasteiger partial charge in [0, 0.05) is 6.20 Å². The normalized spacial score (nSPS) is 9.93. The Morgan fingerprint density at radius 2 is 1.66 bits per heavy atom. The lowest BCUT2D eigenvalue weighted by Crippen LogP contribution is -2.09. The summed E-state index contributed by atoms with van der Waals surface area (Å²) in [4.78, 5) is 20.0. The van der Waals surface area contributed by atoms with E-state index in [4.69, 9.17) is 14.6 Å². The van der Waals surface area contributed by atoms with Gasteiger partial charge in [0.2, 0.25) is 5.88 Å². The van der Waals surface area contributed by atoms with Crippen LogP contribution in [0.5, 0.6) is 17.4 Å². The average molecular weight is 420 g/mol. The highest BCUT2D eigenvalue weighted by molar-refractivity contribution is 7.98. The smallest absolute Gasteiger partial charge is 0.345 e. The molecule has 3 aromatic rings. The molecule has 0 unspecified atom stereocenters.